The molecule has 0 radical (unpaired) electrons. The lowest BCUT2D eigenvalue weighted by Gasteiger charge is -2.29. The monoisotopic (exact) mass is 752 g/mol. The minimum absolute atomic E-state index is 0.0396. The molecule has 0 bridgehead atoms. The Kier molecular flexibility index (Phi) is 10.8. The van der Waals surface area contributed by atoms with E-state index in [4.69, 9.17) is 4.74 Å². The van der Waals surface area contributed by atoms with Crippen LogP contribution in [-0.2, 0) is 20.9 Å². The van der Waals surface area contributed by atoms with Crippen LogP contribution in [0.15, 0.2) is 54.6 Å². The van der Waals surface area contributed by atoms with Gasteiger partial charge in [0.1, 0.15) is 24.1 Å². The van der Waals surface area contributed by atoms with Crippen LogP contribution in [-0.4, -0.2) is 103 Å². The maximum Gasteiger partial charge on any atom is 0.411 e. The molecule has 1 aromatic heterocycles. The number of phenols is 2. The van der Waals surface area contributed by atoms with Crippen LogP contribution >= 0.6 is 0 Å². The Bertz CT molecular complexity index is 2200. The number of carbonyl (C=O) groups is 6. The topological polar surface area (TPSA) is 225 Å². The normalized spacial score (nSPS) is 15.1. The molecule has 0 saturated carbocycles. The van der Waals surface area contributed by atoms with E-state index < -0.39 is 23.9 Å². The molecule has 1 atom stereocenters. The van der Waals surface area contributed by atoms with Gasteiger partial charge in [-0.25, -0.2) is 4.79 Å². The number of amides is 6. The summed E-state index contributed by atoms with van der Waals surface area (Å²) >= 11 is 0. The van der Waals surface area contributed by atoms with Crippen molar-refractivity contribution >= 4 is 41.3 Å². The van der Waals surface area contributed by atoms with Crippen molar-refractivity contribution < 1.29 is 43.7 Å². The molecular formula is C38H40N8O9. The minimum atomic E-state index is -0.807. The van der Waals surface area contributed by atoms with Gasteiger partial charge in [0.2, 0.25) is 17.6 Å². The second kappa shape index (κ2) is 15.7. The average molecular weight is 753 g/mol. The van der Waals surface area contributed by atoms with E-state index >= 15 is 0 Å². The number of anilines is 1. The highest BCUT2D eigenvalue weighted by atomic mass is 16.5. The fourth-order valence-corrected chi connectivity index (χ4v) is 6.52. The van der Waals surface area contributed by atoms with Crippen LogP contribution in [0.25, 0.3) is 17.1 Å². The molecule has 1 fully saturated rings. The Morgan fingerprint density at radius 3 is 2.45 bits per heavy atom. The van der Waals surface area contributed by atoms with Crippen molar-refractivity contribution in [2.45, 2.75) is 52.1 Å². The van der Waals surface area contributed by atoms with Crippen LogP contribution in [0.3, 0.4) is 0 Å². The van der Waals surface area contributed by atoms with E-state index in [-0.39, 0.29) is 84.9 Å². The van der Waals surface area contributed by atoms with E-state index in [1.54, 1.807) is 62.5 Å². The molecule has 6 amide bonds. The minimum Gasteiger partial charge on any atom is -0.508 e. The summed E-state index contributed by atoms with van der Waals surface area (Å²) in [5.41, 5.74) is 2.71. The maximum absolute atomic E-state index is 13.3. The van der Waals surface area contributed by atoms with Crippen LogP contribution in [0.5, 0.6) is 11.5 Å². The quantitative estimate of drug-likeness (QED) is 0.140. The number of ether oxygens (including phenoxy) is 1. The molecule has 3 aromatic carbocycles. The molecule has 1 unspecified atom stereocenters. The molecule has 17 heteroatoms. The first kappa shape index (κ1) is 38.0. The molecule has 3 heterocycles. The van der Waals surface area contributed by atoms with E-state index in [1.165, 1.54) is 20.4 Å². The second-order valence-corrected chi connectivity index (χ2v) is 13.4. The predicted octanol–water partition coefficient (Wildman–Crippen LogP) is 3.30. The molecule has 5 N–H and O–H groups in total. The maximum atomic E-state index is 13.3. The smallest absolute Gasteiger partial charge is 0.411 e. The number of hydrogen-bond donors (Lipinski definition) is 5. The molecule has 2 aliphatic rings. The van der Waals surface area contributed by atoms with Crippen LogP contribution in [0.1, 0.15) is 82.0 Å². The van der Waals surface area contributed by atoms with Crippen molar-refractivity contribution in [3.63, 3.8) is 0 Å². The Morgan fingerprint density at radius 1 is 1.02 bits per heavy atom. The van der Waals surface area contributed by atoms with Gasteiger partial charge in [-0.15, -0.1) is 10.2 Å². The van der Waals surface area contributed by atoms with E-state index in [2.05, 4.69) is 26.1 Å². The lowest BCUT2D eigenvalue weighted by molar-refractivity contribution is -0.136. The summed E-state index contributed by atoms with van der Waals surface area (Å²) in [5.74, 6) is -2.53. The zero-order valence-corrected chi connectivity index (χ0v) is 30.6. The number of imide groups is 1. The molecule has 286 valence electrons. The third kappa shape index (κ3) is 7.67. The Balaban J connectivity index is 1.10. The number of phenolic OH excluding ortho intramolecular Hbond substituents is 2. The van der Waals surface area contributed by atoms with Gasteiger partial charge < -0.3 is 30.1 Å². The third-order valence-electron chi connectivity index (χ3n) is 9.41. The van der Waals surface area contributed by atoms with Gasteiger partial charge in [0.05, 0.1) is 12.1 Å². The Hall–Kier alpha value is -6.78. The van der Waals surface area contributed by atoms with Gasteiger partial charge >= 0.3 is 6.09 Å². The van der Waals surface area contributed by atoms with Gasteiger partial charge in [0.15, 0.2) is 5.82 Å². The number of aromatic hydroxyl groups is 2. The number of nitrogens with one attached hydrogen (secondary N) is 3. The number of aromatic nitrogens is 3. The SMILES string of the molecule is CCNC(=O)c1nnc(-c2cc(C(C)C)c(O)cc2O)n1-c1ccc(C(=O)N(C)CCOC(=O)Nc2cccc3c2CN(C2CCC(=O)NC2=O)C3=O)cc1. The zero-order valence-electron chi connectivity index (χ0n) is 30.6. The molecule has 0 spiro atoms. The second-order valence-electron chi connectivity index (χ2n) is 13.4. The fraction of sp³-hybridized carbons (Fsp3) is 0.316. The predicted molar refractivity (Wildman–Crippen MR) is 197 cm³/mol. The number of nitrogens with zero attached hydrogens (tertiary/aromatic N) is 5. The molecule has 17 nitrogen and oxygen atoms in total. The van der Waals surface area contributed by atoms with Crippen LogP contribution < -0.4 is 16.0 Å². The standard InChI is InChI=1S/C38H40N8O9/c1-5-39-35(51)33-43-42-32(25-17-24(20(2)3)29(47)18-30(25)48)46(33)22-11-9-21(10-12-22)36(52)44(4)15-16-55-38(54)40-27-8-6-7-23-26(27)19-45(37(23)53)28-13-14-31(49)41-34(28)50/h6-12,17-18,20,28,47-48H,5,13-16,19H2,1-4H3,(H,39,51)(H,40,54)(H,41,49,50). The molecule has 55 heavy (non-hydrogen) atoms. The molecule has 0 aliphatic carbocycles. The highest BCUT2D eigenvalue weighted by molar-refractivity contribution is 6.06. The van der Waals surface area contributed by atoms with E-state index in [1.807, 2.05) is 13.8 Å². The van der Waals surface area contributed by atoms with Gasteiger partial charge in [-0.1, -0.05) is 19.9 Å². The van der Waals surface area contributed by atoms with Crippen molar-refractivity contribution in [3.05, 3.63) is 82.7 Å². The van der Waals surface area contributed by atoms with E-state index in [0.29, 0.717) is 40.2 Å². The number of rotatable bonds is 11. The van der Waals surface area contributed by atoms with E-state index in [9.17, 15) is 39.0 Å². The number of hydrogen-bond acceptors (Lipinski definition) is 11. The van der Waals surface area contributed by atoms with Crippen molar-refractivity contribution in [1.29, 1.82) is 0 Å². The van der Waals surface area contributed by atoms with Crippen LogP contribution in [0.2, 0.25) is 0 Å². The number of carbonyl (C=O) groups excluding carboxylic acids is 6. The lowest BCUT2D eigenvalue weighted by Crippen LogP contribution is -2.52. The summed E-state index contributed by atoms with van der Waals surface area (Å²) in [7, 11) is 1.54. The first-order valence-corrected chi connectivity index (χ1v) is 17.6. The molecule has 1 saturated heterocycles. The van der Waals surface area contributed by atoms with E-state index in [0.717, 1.165) is 0 Å². The van der Waals surface area contributed by atoms with Crippen molar-refractivity contribution in [3.8, 4) is 28.6 Å². The molecular weight excluding hydrogens is 712 g/mol. The first-order valence-electron chi connectivity index (χ1n) is 17.6. The number of fused-ring (bicyclic) bond motifs is 1. The van der Waals surface area contributed by atoms with Gasteiger partial charge in [-0.3, -0.25) is 39.2 Å². The molecule has 6 rings (SSSR count). The van der Waals surface area contributed by atoms with Gasteiger partial charge in [-0.05, 0) is 67.3 Å². The molecule has 4 aromatic rings. The van der Waals surface area contributed by atoms with Gasteiger partial charge in [0.25, 0.3) is 17.7 Å². The highest BCUT2D eigenvalue weighted by Crippen LogP contribution is 2.38. The summed E-state index contributed by atoms with van der Waals surface area (Å²) in [6.45, 7) is 5.80. The average Bonchev–Trinajstić information content (AvgIpc) is 3.73. The zero-order chi connectivity index (χ0) is 39.6. The lowest BCUT2D eigenvalue weighted by atomic mass is 9.98. The summed E-state index contributed by atoms with van der Waals surface area (Å²) in [4.78, 5) is 78.9. The summed E-state index contributed by atoms with van der Waals surface area (Å²) in [6.07, 6.45) is -0.481. The Morgan fingerprint density at radius 2 is 1.76 bits per heavy atom. The summed E-state index contributed by atoms with van der Waals surface area (Å²) in [6, 6.07) is 13.1. The largest absolute Gasteiger partial charge is 0.508 e. The van der Waals surface area contributed by atoms with Crippen LogP contribution in [0.4, 0.5) is 10.5 Å². The number of likely N-dealkylation sites (N-methyl/N-ethyl adjacent to an activating group) is 1. The van der Waals surface area contributed by atoms with Gasteiger partial charge in [-0.2, -0.15) is 0 Å². The van der Waals surface area contributed by atoms with Gasteiger partial charge in [0, 0.05) is 60.7 Å². The highest BCUT2D eigenvalue weighted by Gasteiger charge is 2.40. The summed E-state index contributed by atoms with van der Waals surface area (Å²) in [5, 5.41) is 37.1. The Labute approximate surface area is 315 Å². The fourth-order valence-electron chi connectivity index (χ4n) is 6.52. The van der Waals surface area contributed by atoms with Crippen molar-refractivity contribution in [2.75, 3.05) is 32.1 Å². The third-order valence-corrected chi connectivity index (χ3v) is 9.41. The van der Waals surface area contributed by atoms with Crippen molar-refractivity contribution in [1.82, 2.24) is 35.2 Å². The van der Waals surface area contributed by atoms with Crippen molar-refractivity contribution in [2.24, 2.45) is 0 Å². The first-order chi connectivity index (χ1) is 26.3. The molecule has 2 aliphatic heterocycles. The number of piperidine rings is 1. The van der Waals surface area contributed by atoms with Crippen LogP contribution in [0, 0.1) is 0 Å². The number of benzene rings is 3. The summed E-state index contributed by atoms with van der Waals surface area (Å²) < 4.78 is 6.80.